The van der Waals surface area contributed by atoms with Gasteiger partial charge >= 0.3 is 0 Å². The summed E-state index contributed by atoms with van der Waals surface area (Å²) >= 11 is 5.95. The Balaban J connectivity index is 2.34. The van der Waals surface area contributed by atoms with E-state index in [-0.39, 0.29) is 0 Å². The van der Waals surface area contributed by atoms with E-state index in [9.17, 15) is 0 Å². The van der Waals surface area contributed by atoms with E-state index in [0.29, 0.717) is 5.92 Å². The van der Waals surface area contributed by atoms with Crippen LogP contribution in [0.1, 0.15) is 63.4 Å². The molecule has 0 spiro atoms. The average molecular weight is 282 g/mol. The number of hydrogen-bond acceptors (Lipinski definition) is 1. The monoisotopic (exact) mass is 281 g/mol. The summed E-state index contributed by atoms with van der Waals surface area (Å²) in [6, 6.07) is 8.34. The Bertz CT molecular complexity index is 321. The van der Waals surface area contributed by atoms with Crippen LogP contribution in [0.25, 0.3) is 0 Å². The molecule has 1 N–H and O–H groups in total. The maximum atomic E-state index is 5.95. The van der Waals surface area contributed by atoms with E-state index in [4.69, 9.17) is 11.6 Å². The van der Waals surface area contributed by atoms with Gasteiger partial charge in [0, 0.05) is 11.6 Å². The van der Waals surface area contributed by atoms with Gasteiger partial charge in [-0.2, -0.15) is 0 Å². The van der Waals surface area contributed by atoms with Gasteiger partial charge in [-0.15, -0.1) is 0 Å². The summed E-state index contributed by atoms with van der Waals surface area (Å²) < 4.78 is 0. The van der Waals surface area contributed by atoms with E-state index < -0.39 is 0 Å². The minimum absolute atomic E-state index is 0.619. The second kappa shape index (κ2) is 10.3. The van der Waals surface area contributed by atoms with Crippen molar-refractivity contribution in [2.45, 2.75) is 57.8 Å². The molecule has 1 nitrogen and oxygen atoms in total. The van der Waals surface area contributed by atoms with Crippen LogP contribution in [0, 0.1) is 0 Å². The molecule has 1 unspecified atom stereocenters. The third-order valence-electron chi connectivity index (χ3n) is 3.70. The third-order valence-corrected chi connectivity index (χ3v) is 3.95. The average Bonchev–Trinajstić information content (AvgIpc) is 2.42. The smallest absolute Gasteiger partial charge is 0.0406 e. The fourth-order valence-electron chi connectivity index (χ4n) is 2.54. The lowest BCUT2D eigenvalue weighted by atomic mass is 9.93. The highest BCUT2D eigenvalue weighted by Crippen LogP contribution is 2.23. The molecule has 108 valence electrons. The molecule has 1 aromatic carbocycles. The van der Waals surface area contributed by atoms with Gasteiger partial charge in [-0.3, -0.25) is 0 Å². The van der Waals surface area contributed by atoms with E-state index in [1.165, 1.54) is 50.5 Å². The first-order valence-electron chi connectivity index (χ1n) is 7.68. The zero-order chi connectivity index (χ0) is 13.9. The van der Waals surface area contributed by atoms with E-state index in [2.05, 4.69) is 24.4 Å². The summed E-state index contributed by atoms with van der Waals surface area (Å²) in [5.41, 5.74) is 1.41. The van der Waals surface area contributed by atoms with Crippen LogP contribution in [0.3, 0.4) is 0 Å². The van der Waals surface area contributed by atoms with Gasteiger partial charge in [-0.25, -0.2) is 0 Å². The van der Waals surface area contributed by atoms with Gasteiger partial charge < -0.3 is 5.32 Å². The molecule has 1 atom stereocenters. The van der Waals surface area contributed by atoms with Crippen molar-refractivity contribution in [2.24, 2.45) is 0 Å². The van der Waals surface area contributed by atoms with Crippen LogP contribution in [0.4, 0.5) is 0 Å². The van der Waals surface area contributed by atoms with Gasteiger partial charge in [0.2, 0.25) is 0 Å². The summed E-state index contributed by atoms with van der Waals surface area (Å²) in [5, 5.41) is 4.13. The Kier molecular flexibility index (Phi) is 8.94. The zero-order valence-electron chi connectivity index (χ0n) is 12.4. The van der Waals surface area contributed by atoms with Gasteiger partial charge in [-0.1, -0.05) is 69.2 Å². The maximum Gasteiger partial charge on any atom is 0.0406 e. The number of benzene rings is 1. The highest BCUT2D eigenvalue weighted by atomic mass is 35.5. The Morgan fingerprint density at radius 2 is 1.63 bits per heavy atom. The van der Waals surface area contributed by atoms with Crippen molar-refractivity contribution < 1.29 is 0 Å². The van der Waals surface area contributed by atoms with E-state index >= 15 is 0 Å². The lowest BCUT2D eigenvalue weighted by Crippen LogP contribution is -2.17. The second-order valence-electron chi connectivity index (χ2n) is 5.36. The number of likely N-dealkylation sites (N-methyl/N-ethyl adjacent to an activating group) is 1. The lowest BCUT2D eigenvalue weighted by Gasteiger charge is -2.17. The number of rotatable bonds is 10. The predicted octanol–water partition coefficient (Wildman–Crippen LogP) is 5.39. The van der Waals surface area contributed by atoms with Crippen molar-refractivity contribution in [3.05, 3.63) is 34.9 Å². The Hall–Kier alpha value is -0.530. The molecule has 1 rings (SSSR count). The van der Waals surface area contributed by atoms with Crippen molar-refractivity contribution in [1.29, 1.82) is 0 Å². The molecule has 0 fully saturated rings. The van der Waals surface area contributed by atoms with Crippen LogP contribution in [0.2, 0.25) is 5.02 Å². The van der Waals surface area contributed by atoms with Crippen LogP contribution in [0.5, 0.6) is 0 Å². The van der Waals surface area contributed by atoms with Gasteiger partial charge in [0.1, 0.15) is 0 Å². The van der Waals surface area contributed by atoms with E-state index in [1.54, 1.807) is 0 Å². The molecule has 0 radical (unpaired) electrons. The molecule has 0 aliphatic carbocycles. The molecule has 0 heterocycles. The molecule has 0 amide bonds. The fourth-order valence-corrected chi connectivity index (χ4v) is 2.66. The third kappa shape index (κ3) is 6.98. The normalized spacial score (nSPS) is 12.6. The molecule has 1 aromatic rings. The molecule has 0 aliphatic rings. The Morgan fingerprint density at radius 3 is 2.26 bits per heavy atom. The number of unbranched alkanes of at least 4 members (excludes halogenated alkanes) is 5. The van der Waals surface area contributed by atoms with Gasteiger partial charge in [0.25, 0.3) is 0 Å². The second-order valence-corrected chi connectivity index (χ2v) is 5.80. The summed E-state index contributed by atoms with van der Waals surface area (Å²) in [6.07, 6.45) is 9.47. The zero-order valence-corrected chi connectivity index (χ0v) is 13.2. The maximum absolute atomic E-state index is 5.95. The molecule has 0 saturated heterocycles. The highest BCUT2D eigenvalue weighted by molar-refractivity contribution is 6.30. The largest absolute Gasteiger partial charge is 0.319 e. The van der Waals surface area contributed by atoms with Crippen LogP contribution >= 0.6 is 11.6 Å². The number of nitrogens with one attached hydrogen (secondary N) is 1. The topological polar surface area (TPSA) is 12.0 Å². The molecule has 0 aliphatic heterocycles. The lowest BCUT2D eigenvalue weighted by molar-refractivity contribution is 0.522. The number of hydrogen-bond donors (Lipinski definition) is 1. The minimum atomic E-state index is 0.619. The molecular weight excluding hydrogens is 254 g/mol. The quantitative estimate of drug-likeness (QED) is 0.567. The van der Waals surface area contributed by atoms with Gasteiger partial charge in [0.05, 0.1) is 0 Å². The summed E-state index contributed by atoms with van der Waals surface area (Å²) in [6.45, 7) is 3.32. The molecular formula is C17H28ClN. The van der Waals surface area contributed by atoms with Crippen molar-refractivity contribution in [2.75, 3.05) is 13.6 Å². The van der Waals surface area contributed by atoms with Crippen molar-refractivity contribution in [3.8, 4) is 0 Å². The van der Waals surface area contributed by atoms with E-state index in [0.717, 1.165) is 11.6 Å². The van der Waals surface area contributed by atoms with Crippen LogP contribution in [0.15, 0.2) is 24.3 Å². The standard InChI is InChI=1S/C17H28ClN/c1-3-4-5-6-7-8-9-16(14-19-2)15-10-12-17(18)13-11-15/h10-13,16,19H,3-9,14H2,1-2H3. The molecule has 0 saturated carbocycles. The first-order valence-corrected chi connectivity index (χ1v) is 8.05. The Morgan fingerprint density at radius 1 is 1.00 bits per heavy atom. The van der Waals surface area contributed by atoms with Crippen LogP contribution in [-0.4, -0.2) is 13.6 Å². The fraction of sp³-hybridized carbons (Fsp3) is 0.647. The van der Waals surface area contributed by atoms with Crippen molar-refractivity contribution in [1.82, 2.24) is 5.32 Å². The molecule has 0 aromatic heterocycles. The van der Waals surface area contributed by atoms with E-state index in [1.807, 2.05) is 19.2 Å². The van der Waals surface area contributed by atoms with Crippen LogP contribution in [-0.2, 0) is 0 Å². The Labute approximate surface area is 123 Å². The summed E-state index contributed by atoms with van der Waals surface area (Å²) in [4.78, 5) is 0. The molecule has 0 bridgehead atoms. The predicted molar refractivity (Wildman–Crippen MR) is 86.1 cm³/mol. The molecule has 19 heavy (non-hydrogen) atoms. The first kappa shape index (κ1) is 16.5. The summed E-state index contributed by atoms with van der Waals surface area (Å²) in [5.74, 6) is 0.619. The molecule has 2 heteroatoms. The minimum Gasteiger partial charge on any atom is -0.319 e. The SMILES string of the molecule is CCCCCCCCC(CNC)c1ccc(Cl)cc1. The van der Waals surface area contributed by atoms with Crippen molar-refractivity contribution in [3.63, 3.8) is 0 Å². The van der Waals surface area contributed by atoms with Gasteiger partial charge in [-0.05, 0) is 37.1 Å². The number of halogens is 1. The van der Waals surface area contributed by atoms with Crippen molar-refractivity contribution >= 4 is 11.6 Å². The highest BCUT2D eigenvalue weighted by Gasteiger charge is 2.10. The van der Waals surface area contributed by atoms with Gasteiger partial charge in [0.15, 0.2) is 0 Å². The van der Waals surface area contributed by atoms with Crippen LogP contribution < -0.4 is 5.32 Å². The summed E-state index contributed by atoms with van der Waals surface area (Å²) in [7, 11) is 2.03. The first-order chi connectivity index (χ1) is 9.27.